The molecule has 0 fully saturated rings. The Hall–Kier alpha value is -2.86. The average molecular weight is 356 g/mol. The molecule has 0 unspecified atom stereocenters. The summed E-state index contributed by atoms with van der Waals surface area (Å²) in [5.74, 6) is -2.24. The number of aromatic nitrogens is 1. The highest BCUT2D eigenvalue weighted by atomic mass is 19.1. The van der Waals surface area contributed by atoms with Crippen molar-refractivity contribution in [1.29, 1.82) is 0 Å². The van der Waals surface area contributed by atoms with Crippen LogP contribution in [0, 0.1) is 11.6 Å². The molecule has 0 aliphatic heterocycles. The van der Waals surface area contributed by atoms with Gasteiger partial charge in [0.2, 0.25) is 5.88 Å². The molecule has 3 rings (SSSR count). The van der Waals surface area contributed by atoms with Crippen LogP contribution in [0.5, 0.6) is 5.88 Å². The van der Waals surface area contributed by atoms with E-state index in [1.165, 1.54) is 12.3 Å². The first-order chi connectivity index (χ1) is 12.4. The summed E-state index contributed by atoms with van der Waals surface area (Å²) in [4.78, 5) is 17.0. The summed E-state index contributed by atoms with van der Waals surface area (Å²) in [6.07, 6.45) is 1.50. The van der Waals surface area contributed by atoms with E-state index in [4.69, 9.17) is 10.5 Å². The molecule has 1 aromatic heterocycles. The summed E-state index contributed by atoms with van der Waals surface area (Å²) >= 11 is 0. The van der Waals surface area contributed by atoms with Crippen LogP contribution < -0.4 is 10.5 Å². The molecule has 0 radical (unpaired) electrons. The topological polar surface area (TPSA) is 65.2 Å². The number of nitrogens with two attached hydrogens (primary N) is 1. The number of carbonyl (C=O) groups excluding carboxylic acids is 1. The molecular weight excluding hydrogens is 338 g/mol. The zero-order valence-corrected chi connectivity index (χ0v) is 14.4. The second kappa shape index (κ2) is 7.17. The van der Waals surface area contributed by atoms with Gasteiger partial charge in [-0.2, -0.15) is 0 Å². The Labute approximate surface area is 149 Å². The number of fused-ring (bicyclic) bond motifs is 1. The van der Waals surface area contributed by atoms with Crippen LogP contribution in [-0.4, -0.2) is 17.4 Å². The van der Waals surface area contributed by atoms with Gasteiger partial charge in [-0.25, -0.2) is 13.8 Å². The third kappa shape index (κ3) is 3.15. The van der Waals surface area contributed by atoms with Crippen LogP contribution in [0.4, 0.5) is 8.78 Å². The van der Waals surface area contributed by atoms with E-state index in [1.807, 2.05) is 6.92 Å². The zero-order chi connectivity index (χ0) is 18.8. The Bertz CT molecular complexity index is 964. The number of ketones is 1. The van der Waals surface area contributed by atoms with E-state index in [0.717, 1.165) is 12.1 Å². The van der Waals surface area contributed by atoms with Gasteiger partial charge in [-0.05, 0) is 49.1 Å². The zero-order valence-electron chi connectivity index (χ0n) is 14.4. The van der Waals surface area contributed by atoms with Crippen LogP contribution in [0.15, 0.2) is 42.6 Å². The van der Waals surface area contributed by atoms with Gasteiger partial charge < -0.3 is 10.5 Å². The van der Waals surface area contributed by atoms with Crippen LogP contribution in [-0.2, 0) is 0 Å². The third-order valence-corrected chi connectivity index (χ3v) is 4.11. The lowest BCUT2D eigenvalue weighted by Crippen LogP contribution is -2.12. The van der Waals surface area contributed by atoms with E-state index in [9.17, 15) is 13.6 Å². The number of carbonyl (C=O) groups is 1. The molecule has 0 amide bonds. The molecule has 0 spiro atoms. The fourth-order valence-corrected chi connectivity index (χ4v) is 2.84. The average Bonchev–Trinajstić information content (AvgIpc) is 2.61. The van der Waals surface area contributed by atoms with E-state index in [0.29, 0.717) is 23.3 Å². The molecule has 1 atom stereocenters. The highest BCUT2D eigenvalue weighted by Crippen LogP contribution is 2.29. The minimum Gasteiger partial charge on any atom is -0.478 e. The summed E-state index contributed by atoms with van der Waals surface area (Å²) in [6.45, 7) is 3.84. The van der Waals surface area contributed by atoms with Crippen LogP contribution in [0.2, 0.25) is 0 Å². The van der Waals surface area contributed by atoms with Crippen LogP contribution >= 0.6 is 0 Å². The number of halogens is 2. The Morgan fingerprint density at radius 2 is 1.88 bits per heavy atom. The lowest BCUT2D eigenvalue weighted by molar-refractivity contribution is 0.103. The number of hydrogen-bond donors (Lipinski definition) is 1. The molecule has 0 bridgehead atoms. The first-order valence-electron chi connectivity index (χ1n) is 8.23. The minimum absolute atomic E-state index is 0.178. The highest BCUT2D eigenvalue weighted by molar-refractivity contribution is 6.17. The predicted molar refractivity (Wildman–Crippen MR) is 95.3 cm³/mol. The Morgan fingerprint density at radius 1 is 1.19 bits per heavy atom. The molecule has 6 heteroatoms. The summed E-state index contributed by atoms with van der Waals surface area (Å²) < 4.78 is 34.4. The van der Waals surface area contributed by atoms with Crippen molar-refractivity contribution in [3.8, 4) is 5.88 Å². The van der Waals surface area contributed by atoms with Crippen molar-refractivity contribution in [3.63, 3.8) is 0 Å². The van der Waals surface area contributed by atoms with Crippen molar-refractivity contribution in [2.75, 3.05) is 6.61 Å². The van der Waals surface area contributed by atoms with Crippen molar-refractivity contribution >= 4 is 16.6 Å². The van der Waals surface area contributed by atoms with Crippen molar-refractivity contribution in [2.45, 2.75) is 19.9 Å². The van der Waals surface area contributed by atoms with Crippen LogP contribution in [0.25, 0.3) is 10.8 Å². The van der Waals surface area contributed by atoms with Gasteiger partial charge in [-0.1, -0.05) is 12.1 Å². The monoisotopic (exact) mass is 356 g/mol. The molecule has 0 aliphatic carbocycles. The Morgan fingerprint density at radius 3 is 2.50 bits per heavy atom. The summed E-state index contributed by atoms with van der Waals surface area (Å²) in [5, 5.41) is 1.12. The SMILES string of the molecule is CCOc1nccc2c(C(=O)c3c(F)cc([C@@H](C)N)cc3F)cccc12. The normalized spacial score (nSPS) is 12.2. The van der Waals surface area contributed by atoms with E-state index in [-0.39, 0.29) is 11.1 Å². The van der Waals surface area contributed by atoms with Gasteiger partial charge in [-0.3, -0.25) is 4.79 Å². The van der Waals surface area contributed by atoms with Gasteiger partial charge in [-0.15, -0.1) is 0 Å². The second-order valence-corrected chi connectivity index (χ2v) is 5.93. The maximum atomic E-state index is 14.5. The lowest BCUT2D eigenvalue weighted by Gasteiger charge is -2.12. The molecule has 0 aliphatic rings. The maximum absolute atomic E-state index is 14.5. The first kappa shape index (κ1) is 17.9. The van der Waals surface area contributed by atoms with Crippen molar-refractivity contribution in [3.05, 3.63) is 70.9 Å². The molecular formula is C20H18F2N2O2. The number of rotatable bonds is 5. The molecule has 1 heterocycles. The quantitative estimate of drug-likeness (QED) is 0.697. The molecule has 0 saturated carbocycles. The first-order valence-corrected chi connectivity index (χ1v) is 8.23. The maximum Gasteiger partial charge on any atom is 0.221 e. The van der Waals surface area contributed by atoms with E-state index in [1.54, 1.807) is 25.1 Å². The molecule has 3 aromatic rings. The van der Waals surface area contributed by atoms with E-state index < -0.39 is 29.0 Å². The lowest BCUT2D eigenvalue weighted by atomic mass is 9.95. The third-order valence-electron chi connectivity index (χ3n) is 4.11. The number of benzene rings is 2. The number of hydrogen-bond acceptors (Lipinski definition) is 4. The fraction of sp³-hybridized carbons (Fsp3) is 0.200. The fourth-order valence-electron chi connectivity index (χ4n) is 2.84. The van der Waals surface area contributed by atoms with Gasteiger partial charge in [0.15, 0.2) is 5.78 Å². The summed E-state index contributed by atoms with van der Waals surface area (Å²) in [5.41, 5.74) is 5.54. The second-order valence-electron chi connectivity index (χ2n) is 5.93. The summed E-state index contributed by atoms with van der Waals surface area (Å²) in [6, 6.07) is 8.18. The number of ether oxygens (including phenoxy) is 1. The predicted octanol–water partition coefficient (Wildman–Crippen LogP) is 4.16. The Kier molecular flexibility index (Phi) is 4.95. The van der Waals surface area contributed by atoms with E-state index >= 15 is 0 Å². The van der Waals surface area contributed by atoms with Gasteiger partial charge >= 0.3 is 0 Å². The van der Waals surface area contributed by atoms with Crippen molar-refractivity contribution in [1.82, 2.24) is 4.98 Å². The molecule has 26 heavy (non-hydrogen) atoms. The number of nitrogens with zero attached hydrogens (tertiary/aromatic N) is 1. The highest BCUT2D eigenvalue weighted by Gasteiger charge is 2.23. The van der Waals surface area contributed by atoms with Crippen LogP contribution in [0.3, 0.4) is 0 Å². The molecule has 0 saturated heterocycles. The Balaban J connectivity index is 2.16. The smallest absolute Gasteiger partial charge is 0.221 e. The van der Waals surface area contributed by atoms with Gasteiger partial charge in [0.1, 0.15) is 11.6 Å². The standard InChI is InChI=1S/C20H18F2N2O2/c1-3-26-20-15-6-4-5-14(13(15)7-8-24-20)19(25)18-16(21)9-12(11(2)23)10-17(18)22/h4-11H,3,23H2,1-2H3/t11-/m1/s1. The summed E-state index contributed by atoms with van der Waals surface area (Å²) in [7, 11) is 0. The van der Waals surface area contributed by atoms with Crippen molar-refractivity contribution < 1.29 is 18.3 Å². The molecule has 134 valence electrons. The van der Waals surface area contributed by atoms with E-state index in [2.05, 4.69) is 4.98 Å². The van der Waals surface area contributed by atoms with Gasteiger partial charge in [0, 0.05) is 23.2 Å². The number of pyridine rings is 1. The van der Waals surface area contributed by atoms with Gasteiger partial charge in [0.05, 0.1) is 12.2 Å². The van der Waals surface area contributed by atoms with Crippen LogP contribution in [0.1, 0.15) is 41.4 Å². The largest absolute Gasteiger partial charge is 0.478 e. The molecule has 2 N–H and O–H groups in total. The van der Waals surface area contributed by atoms with Crippen molar-refractivity contribution in [2.24, 2.45) is 5.73 Å². The molecule has 4 nitrogen and oxygen atoms in total. The van der Waals surface area contributed by atoms with Gasteiger partial charge in [0.25, 0.3) is 0 Å². The minimum atomic E-state index is -0.932. The molecule has 2 aromatic carbocycles.